The highest BCUT2D eigenvalue weighted by Gasteiger charge is 2.14. The van der Waals surface area contributed by atoms with Gasteiger partial charge in [0.1, 0.15) is 12.4 Å². The van der Waals surface area contributed by atoms with Crippen LogP contribution in [0.4, 0.5) is 0 Å². The zero-order chi connectivity index (χ0) is 17.4. The van der Waals surface area contributed by atoms with Crippen molar-refractivity contribution in [2.45, 2.75) is 27.4 Å². The first-order valence-corrected chi connectivity index (χ1v) is 8.90. The van der Waals surface area contributed by atoms with E-state index in [9.17, 15) is 0 Å². The molecule has 2 heterocycles. The maximum atomic E-state index is 5.95. The number of aromatic nitrogens is 4. The van der Waals surface area contributed by atoms with Crippen LogP contribution in [0.1, 0.15) is 21.7 Å². The Morgan fingerprint density at radius 3 is 2.68 bits per heavy atom. The molecule has 0 aliphatic heterocycles. The Balaban J connectivity index is 1.61. The van der Waals surface area contributed by atoms with Gasteiger partial charge in [0.2, 0.25) is 4.96 Å². The van der Waals surface area contributed by atoms with Crippen LogP contribution in [-0.4, -0.2) is 19.8 Å². The zero-order valence-electron chi connectivity index (χ0n) is 14.4. The summed E-state index contributed by atoms with van der Waals surface area (Å²) >= 11 is 1.50. The van der Waals surface area contributed by atoms with Crippen LogP contribution in [0.2, 0.25) is 0 Å². The Hall–Kier alpha value is -2.73. The molecule has 0 aliphatic carbocycles. The topological polar surface area (TPSA) is 52.3 Å². The van der Waals surface area contributed by atoms with Crippen LogP contribution >= 0.6 is 11.3 Å². The molecule has 0 N–H and O–H groups in total. The molecule has 5 nitrogen and oxygen atoms in total. The van der Waals surface area contributed by atoms with Gasteiger partial charge in [0.15, 0.2) is 10.8 Å². The van der Waals surface area contributed by atoms with Crippen molar-refractivity contribution in [1.29, 1.82) is 0 Å². The van der Waals surface area contributed by atoms with Gasteiger partial charge in [-0.25, -0.2) is 0 Å². The number of fused-ring (bicyclic) bond motifs is 1. The van der Waals surface area contributed by atoms with Gasteiger partial charge in [-0.2, -0.15) is 9.61 Å². The van der Waals surface area contributed by atoms with E-state index in [0.29, 0.717) is 6.61 Å². The van der Waals surface area contributed by atoms with E-state index in [4.69, 9.17) is 4.74 Å². The average molecular weight is 350 g/mol. The van der Waals surface area contributed by atoms with E-state index >= 15 is 0 Å². The summed E-state index contributed by atoms with van der Waals surface area (Å²) < 4.78 is 7.75. The first-order chi connectivity index (χ1) is 12.1. The third-order valence-electron chi connectivity index (χ3n) is 4.00. The number of aryl methyl sites for hydroxylation is 3. The number of ether oxygens (including phenoxy) is 1. The lowest BCUT2D eigenvalue weighted by atomic mass is 10.1. The lowest BCUT2D eigenvalue weighted by Crippen LogP contribution is -1.99. The largest absolute Gasteiger partial charge is 0.486 e. The summed E-state index contributed by atoms with van der Waals surface area (Å²) in [6.45, 7) is 6.59. The molecule has 6 heteroatoms. The maximum Gasteiger partial charge on any atom is 0.235 e. The molecule has 2 aromatic heterocycles. The fourth-order valence-electron chi connectivity index (χ4n) is 2.68. The molecular formula is C19H18N4OS. The Bertz CT molecular complexity index is 1050. The predicted octanol–water partition coefficient (Wildman–Crippen LogP) is 4.36. The molecule has 0 aliphatic rings. The van der Waals surface area contributed by atoms with Crippen LogP contribution in [0.3, 0.4) is 0 Å². The summed E-state index contributed by atoms with van der Waals surface area (Å²) in [5, 5.41) is 14.0. The van der Waals surface area contributed by atoms with E-state index in [1.54, 1.807) is 4.52 Å². The van der Waals surface area contributed by atoms with Crippen LogP contribution in [-0.2, 0) is 6.61 Å². The van der Waals surface area contributed by atoms with Gasteiger partial charge in [0, 0.05) is 5.56 Å². The SMILES string of the molecule is Cc1cccc(-c2nnc3sc(COc4cc(C)ccc4C)nn23)c1. The van der Waals surface area contributed by atoms with Crippen molar-refractivity contribution in [2.75, 3.05) is 0 Å². The van der Waals surface area contributed by atoms with Crippen LogP contribution in [0.25, 0.3) is 16.3 Å². The highest BCUT2D eigenvalue weighted by Crippen LogP contribution is 2.24. The number of benzene rings is 2. The first-order valence-electron chi connectivity index (χ1n) is 8.08. The molecule has 0 saturated heterocycles. The van der Waals surface area contributed by atoms with Gasteiger partial charge < -0.3 is 4.74 Å². The third-order valence-corrected chi connectivity index (χ3v) is 4.88. The van der Waals surface area contributed by atoms with E-state index in [2.05, 4.69) is 53.4 Å². The minimum Gasteiger partial charge on any atom is -0.486 e. The van der Waals surface area contributed by atoms with Crippen molar-refractivity contribution in [3.8, 4) is 17.1 Å². The number of nitrogens with zero attached hydrogens (tertiary/aromatic N) is 4. The number of rotatable bonds is 4. The van der Waals surface area contributed by atoms with Crippen LogP contribution in [0.15, 0.2) is 42.5 Å². The summed E-state index contributed by atoms with van der Waals surface area (Å²) in [4.78, 5) is 0.774. The normalized spacial score (nSPS) is 11.2. The summed E-state index contributed by atoms with van der Waals surface area (Å²) in [5.74, 6) is 1.65. The molecule has 4 aromatic rings. The zero-order valence-corrected chi connectivity index (χ0v) is 15.2. The predicted molar refractivity (Wildman–Crippen MR) is 99.1 cm³/mol. The summed E-state index contributed by atoms with van der Waals surface area (Å²) in [6.07, 6.45) is 0. The Morgan fingerprint density at radius 2 is 1.84 bits per heavy atom. The van der Waals surface area contributed by atoms with Gasteiger partial charge in [-0.3, -0.25) is 0 Å². The highest BCUT2D eigenvalue weighted by molar-refractivity contribution is 7.16. The van der Waals surface area contributed by atoms with Gasteiger partial charge in [0.25, 0.3) is 0 Å². The molecule has 0 unspecified atom stereocenters. The smallest absolute Gasteiger partial charge is 0.235 e. The quantitative estimate of drug-likeness (QED) is 0.549. The lowest BCUT2D eigenvalue weighted by molar-refractivity contribution is 0.302. The second-order valence-corrected chi connectivity index (χ2v) is 7.18. The molecule has 0 atom stereocenters. The maximum absolute atomic E-state index is 5.95. The number of hydrogen-bond donors (Lipinski definition) is 0. The third kappa shape index (κ3) is 3.13. The summed E-state index contributed by atoms with van der Waals surface area (Å²) in [5.41, 5.74) is 4.50. The van der Waals surface area contributed by atoms with E-state index in [0.717, 1.165) is 32.7 Å². The first kappa shape index (κ1) is 15.8. The average Bonchev–Trinajstić information content (AvgIpc) is 3.15. The second-order valence-electron chi connectivity index (χ2n) is 6.14. The molecular weight excluding hydrogens is 332 g/mol. The number of hydrogen-bond acceptors (Lipinski definition) is 5. The molecule has 0 bridgehead atoms. The second kappa shape index (κ2) is 6.29. The minimum absolute atomic E-state index is 0.422. The molecule has 0 amide bonds. The van der Waals surface area contributed by atoms with E-state index in [1.807, 2.05) is 25.1 Å². The fraction of sp³-hybridized carbons (Fsp3) is 0.211. The van der Waals surface area contributed by atoms with Crippen molar-refractivity contribution in [1.82, 2.24) is 19.8 Å². The monoisotopic (exact) mass is 350 g/mol. The minimum atomic E-state index is 0.422. The Morgan fingerprint density at radius 1 is 1.00 bits per heavy atom. The molecule has 0 fully saturated rings. The van der Waals surface area contributed by atoms with E-state index < -0.39 is 0 Å². The van der Waals surface area contributed by atoms with Crippen molar-refractivity contribution in [3.63, 3.8) is 0 Å². The van der Waals surface area contributed by atoms with Crippen molar-refractivity contribution in [3.05, 3.63) is 64.2 Å². The fourth-order valence-corrected chi connectivity index (χ4v) is 3.43. The standard InChI is InChI=1S/C19H18N4OS/c1-12-5-4-6-15(9-12)18-20-21-19-23(18)22-17(25-19)11-24-16-10-13(2)7-8-14(16)3/h4-10H,11H2,1-3H3. The van der Waals surface area contributed by atoms with Crippen LogP contribution in [0.5, 0.6) is 5.75 Å². The molecule has 0 radical (unpaired) electrons. The van der Waals surface area contributed by atoms with Crippen molar-refractivity contribution < 1.29 is 4.74 Å². The summed E-state index contributed by atoms with van der Waals surface area (Å²) in [6, 6.07) is 14.4. The molecule has 25 heavy (non-hydrogen) atoms. The van der Waals surface area contributed by atoms with Crippen molar-refractivity contribution >= 4 is 16.3 Å². The summed E-state index contributed by atoms with van der Waals surface area (Å²) in [7, 11) is 0. The molecule has 0 saturated carbocycles. The van der Waals surface area contributed by atoms with Gasteiger partial charge >= 0.3 is 0 Å². The highest BCUT2D eigenvalue weighted by atomic mass is 32.1. The molecule has 2 aromatic carbocycles. The van der Waals surface area contributed by atoms with Crippen LogP contribution < -0.4 is 4.74 Å². The van der Waals surface area contributed by atoms with E-state index in [-0.39, 0.29) is 0 Å². The molecule has 0 spiro atoms. The van der Waals surface area contributed by atoms with Crippen molar-refractivity contribution in [2.24, 2.45) is 0 Å². The van der Waals surface area contributed by atoms with E-state index in [1.165, 1.54) is 22.5 Å². The molecule has 126 valence electrons. The lowest BCUT2D eigenvalue weighted by Gasteiger charge is -2.08. The van der Waals surface area contributed by atoms with Gasteiger partial charge in [-0.1, -0.05) is 47.2 Å². The van der Waals surface area contributed by atoms with Crippen LogP contribution in [0, 0.1) is 20.8 Å². The van der Waals surface area contributed by atoms with Gasteiger partial charge in [-0.05, 0) is 44.0 Å². The molecule has 4 rings (SSSR count). The Labute approximate surface area is 149 Å². The Kier molecular flexibility index (Phi) is 3.97. The van der Waals surface area contributed by atoms with Gasteiger partial charge in [0.05, 0.1) is 0 Å². The van der Waals surface area contributed by atoms with Gasteiger partial charge in [-0.15, -0.1) is 10.2 Å².